The number of benzene rings is 1. The Kier molecular flexibility index (Phi) is 5.54. The molecule has 0 aliphatic carbocycles. The zero-order valence-corrected chi connectivity index (χ0v) is 10.2. The molecule has 0 aliphatic rings. The fourth-order valence-electron chi connectivity index (χ4n) is 1.28. The molecule has 0 heterocycles. The quantitative estimate of drug-likeness (QED) is 0.734. The predicted octanol–water partition coefficient (Wildman–Crippen LogP) is 0.716. The summed E-state index contributed by atoms with van der Waals surface area (Å²) in [6.45, 7) is 0.866. The van der Waals surface area contributed by atoms with E-state index in [9.17, 15) is 12.8 Å². The second-order valence-electron chi connectivity index (χ2n) is 3.62. The van der Waals surface area contributed by atoms with Crippen molar-refractivity contribution in [3.63, 3.8) is 0 Å². The highest BCUT2D eigenvalue weighted by Crippen LogP contribution is 2.08. The molecule has 1 aromatic rings. The number of nitrogens with two attached hydrogens (primary N) is 1. The zero-order chi connectivity index (χ0) is 12.7. The fraction of sp³-hybridized carbons (Fsp3) is 0.455. The molecule has 0 amide bonds. The molecule has 0 saturated carbocycles. The highest BCUT2D eigenvalue weighted by atomic mass is 32.2. The Morgan fingerprint density at radius 2 is 1.82 bits per heavy atom. The zero-order valence-electron chi connectivity index (χ0n) is 9.43. The van der Waals surface area contributed by atoms with Crippen LogP contribution in [0.15, 0.2) is 24.3 Å². The third-order valence-electron chi connectivity index (χ3n) is 2.10. The van der Waals surface area contributed by atoms with E-state index < -0.39 is 9.84 Å². The van der Waals surface area contributed by atoms with E-state index >= 15 is 0 Å². The summed E-state index contributed by atoms with van der Waals surface area (Å²) in [5.74, 6) is -0.527. The van der Waals surface area contributed by atoms with E-state index in [1.165, 1.54) is 24.3 Å². The molecule has 96 valence electrons. The molecule has 17 heavy (non-hydrogen) atoms. The van der Waals surface area contributed by atoms with Crippen molar-refractivity contribution in [1.29, 1.82) is 0 Å². The number of halogens is 1. The number of hydrogen-bond acceptors (Lipinski definition) is 4. The maximum Gasteiger partial charge on any atom is 0.156 e. The van der Waals surface area contributed by atoms with Gasteiger partial charge in [-0.1, -0.05) is 12.1 Å². The monoisotopic (exact) mass is 261 g/mol. The summed E-state index contributed by atoms with van der Waals surface area (Å²) in [4.78, 5) is 0. The van der Waals surface area contributed by atoms with E-state index in [1.54, 1.807) is 0 Å². The van der Waals surface area contributed by atoms with E-state index in [-0.39, 0.29) is 23.9 Å². The first-order valence-corrected chi connectivity index (χ1v) is 7.08. The molecule has 0 atom stereocenters. The van der Waals surface area contributed by atoms with Crippen LogP contribution >= 0.6 is 0 Å². The van der Waals surface area contributed by atoms with Crippen molar-refractivity contribution in [3.05, 3.63) is 35.6 Å². The lowest BCUT2D eigenvalue weighted by Gasteiger charge is -2.05. The van der Waals surface area contributed by atoms with E-state index in [4.69, 9.17) is 10.5 Å². The summed E-state index contributed by atoms with van der Waals surface area (Å²) in [7, 11) is -3.22. The summed E-state index contributed by atoms with van der Waals surface area (Å²) < 4.78 is 40.9. The average Bonchev–Trinajstić information content (AvgIpc) is 2.27. The minimum absolute atomic E-state index is 0.0512. The van der Waals surface area contributed by atoms with Crippen LogP contribution in [0.2, 0.25) is 0 Å². The second kappa shape index (κ2) is 6.68. The Morgan fingerprint density at radius 3 is 2.41 bits per heavy atom. The van der Waals surface area contributed by atoms with Crippen LogP contribution in [0.5, 0.6) is 0 Å². The van der Waals surface area contributed by atoms with Gasteiger partial charge in [0.1, 0.15) is 5.82 Å². The van der Waals surface area contributed by atoms with Crippen molar-refractivity contribution in [2.75, 3.05) is 25.5 Å². The lowest BCUT2D eigenvalue weighted by molar-refractivity contribution is 0.157. The first kappa shape index (κ1) is 14.1. The van der Waals surface area contributed by atoms with Crippen LogP contribution in [0.25, 0.3) is 0 Å². The molecule has 1 rings (SSSR count). The summed E-state index contributed by atoms with van der Waals surface area (Å²) >= 11 is 0. The number of rotatable bonds is 7. The van der Waals surface area contributed by atoms with Gasteiger partial charge in [-0.15, -0.1) is 0 Å². The highest BCUT2D eigenvalue weighted by Gasteiger charge is 2.11. The lowest BCUT2D eigenvalue weighted by Crippen LogP contribution is -2.17. The molecule has 0 aromatic heterocycles. The molecule has 4 nitrogen and oxygen atoms in total. The molecular weight excluding hydrogens is 245 g/mol. The largest absolute Gasteiger partial charge is 0.379 e. The van der Waals surface area contributed by atoms with Gasteiger partial charge in [-0.2, -0.15) is 0 Å². The Morgan fingerprint density at radius 1 is 1.18 bits per heavy atom. The third-order valence-corrected chi connectivity index (χ3v) is 3.66. The maximum atomic E-state index is 12.6. The molecule has 0 bridgehead atoms. The molecular formula is C11H16FNO3S. The van der Waals surface area contributed by atoms with Gasteiger partial charge in [0.05, 0.1) is 24.7 Å². The van der Waals surface area contributed by atoms with Gasteiger partial charge in [-0.05, 0) is 17.7 Å². The molecule has 0 radical (unpaired) electrons. The molecule has 0 spiro atoms. The fourth-order valence-corrected chi connectivity index (χ4v) is 2.49. The van der Waals surface area contributed by atoms with Crippen molar-refractivity contribution in [2.45, 2.75) is 5.75 Å². The van der Waals surface area contributed by atoms with Crippen LogP contribution in [0.4, 0.5) is 4.39 Å². The van der Waals surface area contributed by atoms with Crippen LogP contribution in [-0.4, -0.2) is 33.9 Å². The predicted molar refractivity (Wildman–Crippen MR) is 63.8 cm³/mol. The van der Waals surface area contributed by atoms with Gasteiger partial charge in [-0.3, -0.25) is 0 Å². The second-order valence-corrected chi connectivity index (χ2v) is 5.80. The summed E-state index contributed by atoms with van der Waals surface area (Å²) in [6.07, 6.45) is 0. The maximum absolute atomic E-state index is 12.6. The van der Waals surface area contributed by atoms with Crippen LogP contribution < -0.4 is 5.73 Å². The van der Waals surface area contributed by atoms with Crippen LogP contribution in [0, 0.1) is 5.82 Å². The standard InChI is InChI=1S/C11H16FNO3S/c12-11-3-1-10(2-4-11)9-17(14,15)8-7-16-6-5-13/h1-4H,5-9,13H2. The average molecular weight is 261 g/mol. The summed E-state index contributed by atoms with van der Waals surface area (Å²) in [5.41, 5.74) is 5.78. The summed E-state index contributed by atoms with van der Waals surface area (Å²) in [6, 6.07) is 5.42. The van der Waals surface area contributed by atoms with Gasteiger partial charge in [0.15, 0.2) is 9.84 Å². The smallest absolute Gasteiger partial charge is 0.156 e. The Hall–Kier alpha value is -0.980. The van der Waals surface area contributed by atoms with Crippen molar-refractivity contribution in [3.8, 4) is 0 Å². The minimum Gasteiger partial charge on any atom is -0.379 e. The van der Waals surface area contributed by atoms with E-state index in [0.29, 0.717) is 18.7 Å². The lowest BCUT2D eigenvalue weighted by atomic mass is 10.2. The van der Waals surface area contributed by atoms with Crippen molar-refractivity contribution < 1.29 is 17.5 Å². The van der Waals surface area contributed by atoms with Crippen molar-refractivity contribution in [1.82, 2.24) is 0 Å². The van der Waals surface area contributed by atoms with Gasteiger partial charge in [-0.25, -0.2) is 12.8 Å². The van der Waals surface area contributed by atoms with Gasteiger partial charge < -0.3 is 10.5 Å². The molecule has 6 heteroatoms. The Labute approximate surface area is 101 Å². The molecule has 1 aromatic carbocycles. The number of hydrogen-bond donors (Lipinski definition) is 1. The van der Waals surface area contributed by atoms with E-state index in [2.05, 4.69) is 0 Å². The minimum atomic E-state index is -3.22. The molecule has 0 unspecified atom stereocenters. The van der Waals surface area contributed by atoms with Gasteiger partial charge >= 0.3 is 0 Å². The van der Waals surface area contributed by atoms with E-state index in [1.807, 2.05) is 0 Å². The number of sulfone groups is 1. The van der Waals surface area contributed by atoms with Gasteiger partial charge in [0, 0.05) is 6.54 Å². The molecule has 0 aliphatic heterocycles. The first-order valence-electron chi connectivity index (χ1n) is 5.26. The van der Waals surface area contributed by atoms with Crippen LogP contribution in [0.1, 0.15) is 5.56 Å². The van der Waals surface area contributed by atoms with Gasteiger partial charge in [0.2, 0.25) is 0 Å². The Bertz CT molecular complexity index is 431. The molecule has 0 fully saturated rings. The third kappa shape index (κ3) is 5.76. The highest BCUT2D eigenvalue weighted by molar-refractivity contribution is 7.90. The van der Waals surface area contributed by atoms with Gasteiger partial charge in [0.25, 0.3) is 0 Å². The van der Waals surface area contributed by atoms with E-state index in [0.717, 1.165) is 0 Å². The van der Waals surface area contributed by atoms with Crippen LogP contribution in [-0.2, 0) is 20.3 Å². The summed E-state index contributed by atoms with van der Waals surface area (Å²) in [5, 5.41) is 0. The SMILES string of the molecule is NCCOCCS(=O)(=O)Cc1ccc(F)cc1. The van der Waals surface area contributed by atoms with Crippen molar-refractivity contribution >= 4 is 9.84 Å². The normalized spacial score (nSPS) is 11.6. The first-order chi connectivity index (χ1) is 8.03. The Balaban J connectivity index is 2.46. The van der Waals surface area contributed by atoms with Crippen molar-refractivity contribution in [2.24, 2.45) is 5.73 Å². The number of ether oxygens (including phenoxy) is 1. The molecule has 2 N–H and O–H groups in total. The molecule has 0 saturated heterocycles. The topological polar surface area (TPSA) is 69.4 Å². The van der Waals surface area contributed by atoms with Crippen LogP contribution in [0.3, 0.4) is 0 Å².